The van der Waals surface area contributed by atoms with Crippen LogP contribution < -0.4 is 5.32 Å². The number of likely N-dealkylation sites (N-methyl/N-ethyl adjacent to an activating group) is 2. The van der Waals surface area contributed by atoms with Crippen molar-refractivity contribution in [2.45, 2.75) is 6.54 Å². The fourth-order valence-electron chi connectivity index (χ4n) is 1.54. The number of nitrogens with zero attached hydrogens (tertiary/aromatic N) is 1. The Hall–Kier alpha value is -1.88. The molecule has 0 saturated carbocycles. The lowest BCUT2D eigenvalue weighted by Gasteiger charge is -2.16. The number of carboxylic acid groups (broad SMARTS) is 1. The van der Waals surface area contributed by atoms with Crippen LogP contribution in [-0.2, 0) is 11.3 Å². The first-order valence-corrected chi connectivity index (χ1v) is 5.25. The molecule has 0 unspecified atom stereocenters. The first kappa shape index (κ1) is 13.2. The molecule has 5 heteroatoms. The average Bonchev–Trinajstić information content (AvgIpc) is 2.29. The van der Waals surface area contributed by atoms with E-state index in [2.05, 4.69) is 5.32 Å². The van der Waals surface area contributed by atoms with E-state index in [9.17, 15) is 9.59 Å². The smallest absolute Gasteiger partial charge is 0.336 e. The highest BCUT2D eigenvalue weighted by Crippen LogP contribution is 2.10. The van der Waals surface area contributed by atoms with E-state index in [1.807, 2.05) is 0 Å². The molecule has 0 aromatic heterocycles. The van der Waals surface area contributed by atoms with Crippen LogP contribution in [0, 0.1) is 0 Å². The van der Waals surface area contributed by atoms with Gasteiger partial charge in [-0.1, -0.05) is 18.2 Å². The largest absolute Gasteiger partial charge is 0.478 e. The van der Waals surface area contributed by atoms with E-state index in [0.29, 0.717) is 12.1 Å². The summed E-state index contributed by atoms with van der Waals surface area (Å²) in [5, 5.41) is 11.5. The van der Waals surface area contributed by atoms with Gasteiger partial charge in [0.2, 0.25) is 5.91 Å². The van der Waals surface area contributed by atoms with Crippen LogP contribution >= 0.6 is 0 Å². The Balaban J connectivity index is 2.74. The third kappa shape index (κ3) is 3.88. The number of benzene rings is 1. The van der Waals surface area contributed by atoms with Crippen molar-refractivity contribution >= 4 is 11.9 Å². The lowest BCUT2D eigenvalue weighted by atomic mass is 10.1. The zero-order chi connectivity index (χ0) is 12.8. The Morgan fingerprint density at radius 3 is 2.59 bits per heavy atom. The van der Waals surface area contributed by atoms with Crippen LogP contribution in [0.3, 0.4) is 0 Å². The summed E-state index contributed by atoms with van der Waals surface area (Å²) in [5.74, 6) is -1.05. The van der Waals surface area contributed by atoms with Crippen molar-refractivity contribution < 1.29 is 14.7 Å². The minimum Gasteiger partial charge on any atom is -0.478 e. The van der Waals surface area contributed by atoms with Crippen molar-refractivity contribution in [1.82, 2.24) is 10.2 Å². The van der Waals surface area contributed by atoms with Gasteiger partial charge in [-0.3, -0.25) is 9.69 Å². The zero-order valence-corrected chi connectivity index (χ0v) is 9.93. The molecule has 0 heterocycles. The van der Waals surface area contributed by atoms with Gasteiger partial charge >= 0.3 is 5.97 Å². The summed E-state index contributed by atoms with van der Waals surface area (Å²) in [5.41, 5.74) is 0.975. The van der Waals surface area contributed by atoms with E-state index < -0.39 is 5.97 Å². The summed E-state index contributed by atoms with van der Waals surface area (Å²) in [6.45, 7) is 0.667. The van der Waals surface area contributed by atoms with Crippen LogP contribution in [0.5, 0.6) is 0 Å². The molecule has 17 heavy (non-hydrogen) atoms. The number of carbonyl (C=O) groups excluding carboxylic acids is 1. The van der Waals surface area contributed by atoms with Gasteiger partial charge in [0, 0.05) is 13.6 Å². The summed E-state index contributed by atoms with van der Waals surface area (Å²) in [6, 6.07) is 6.79. The van der Waals surface area contributed by atoms with Gasteiger partial charge in [-0.15, -0.1) is 0 Å². The molecule has 1 rings (SSSR count). The maximum absolute atomic E-state index is 11.2. The minimum atomic E-state index is -0.950. The number of carbonyl (C=O) groups is 2. The second-order valence-electron chi connectivity index (χ2n) is 3.81. The van der Waals surface area contributed by atoms with E-state index in [-0.39, 0.29) is 18.0 Å². The van der Waals surface area contributed by atoms with Crippen molar-refractivity contribution in [3.8, 4) is 0 Å². The van der Waals surface area contributed by atoms with Gasteiger partial charge in [-0.05, 0) is 18.7 Å². The molecule has 1 aromatic carbocycles. The molecule has 0 bridgehead atoms. The normalized spacial score (nSPS) is 10.3. The van der Waals surface area contributed by atoms with Gasteiger partial charge in [0.15, 0.2) is 0 Å². The van der Waals surface area contributed by atoms with Crippen LogP contribution in [-0.4, -0.2) is 42.5 Å². The molecule has 0 aliphatic heterocycles. The highest BCUT2D eigenvalue weighted by Gasteiger charge is 2.12. The number of rotatable bonds is 5. The Morgan fingerprint density at radius 2 is 2.00 bits per heavy atom. The van der Waals surface area contributed by atoms with Crippen molar-refractivity contribution in [3.05, 3.63) is 35.4 Å². The Labute approximate surface area is 100 Å². The van der Waals surface area contributed by atoms with E-state index in [0.717, 1.165) is 0 Å². The lowest BCUT2D eigenvalue weighted by Crippen LogP contribution is -2.33. The maximum atomic E-state index is 11.2. The summed E-state index contributed by atoms with van der Waals surface area (Å²) in [7, 11) is 3.34. The molecule has 0 spiro atoms. The zero-order valence-electron chi connectivity index (χ0n) is 9.93. The average molecular weight is 236 g/mol. The molecular formula is C12H16N2O3. The van der Waals surface area contributed by atoms with Gasteiger partial charge in [0.25, 0.3) is 0 Å². The van der Waals surface area contributed by atoms with Crippen molar-refractivity contribution in [2.75, 3.05) is 20.6 Å². The van der Waals surface area contributed by atoms with Crippen LogP contribution in [0.25, 0.3) is 0 Å². The van der Waals surface area contributed by atoms with Crippen molar-refractivity contribution in [2.24, 2.45) is 0 Å². The molecule has 2 N–H and O–H groups in total. The molecule has 0 saturated heterocycles. The Kier molecular flexibility index (Phi) is 4.66. The number of carboxylic acids is 1. The summed E-state index contributed by atoms with van der Waals surface area (Å²) in [6.07, 6.45) is 0. The number of amides is 1. The van der Waals surface area contributed by atoms with Crippen LogP contribution in [0.15, 0.2) is 24.3 Å². The van der Waals surface area contributed by atoms with E-state index in [4.69, 9.17) is 5.11 Å². The van der Waals surface area contributed by atoms with Gasteiger partial charge in [-0.2, -0.15) is 0 Å². The molecule has 1 aromatic rings. The van der Waals surface area contributed by atoms with Crippen LogP contribution in [0.1, 0.15) is 15.9 Å². The topological polar surface area (TPSA) is 69.6 Å². The molecule has 0 atom stereocenters. The molecule has 1 amide bonds. The van der Waals surface area contributed by atoms with Crippen LogP contribution in [0.4, 0.5) is 0 Å². The molecule has 5 nitrogen and oxygen atoms in total. The molecule has 0 aliphatic rings. The summed E-state index contributed by atoms with van der Waals surface area (Å²) >= 11 is 0. The number of hydrogen-bond donors (Lipinski definition) is 2. The summed E-state index contributed by atoms with van der Waals surface area (Å²) in [4.78, 5) is 23.9. The SMILES string of the molecule is CNC(=O)CN(C)Cc1ccccc1C(=O)O. The fraction of sp³-hybridized carbons (Fsp3) is 0.333. The second kappa shape index (κ2) is 6.00. The quantitative estimate of drug-likeness (QED) is 0.784. The van der Waals surface area contributed by atoms with E-state index in [1.165, 1.54) is 0 Å². The highest BCUT2D eigenvalue weighted by atomic mass is 16.4. The molecule has 0 radical (unpaired) electrons. The number of nitrogens with one attached hydrogen (secondary N) is 1. The predicted molar refractivity (Wildman–Crippen MR) is 63.8 cm³/mol. The van der Waals surface area contributed by atoms with Gasteiger partial charge in [0.1, 0.15) is 0 Å². The van der Waals surface area contributed by atoms with Crippen molar-refractivity contribution in [1.29, 1.82) is 0 Å². The first-order valence-electron chi connectivity index (χ1n) is 5.25. The third-order valence-electron chi connectivity index (χ3n) is 2.38. The Morgan fingerprint density at radius 1 is 1.35 bits per heavy atom. The standard InChI is InChI=1S/C12H16N2O3/c1-13-11(15)8-14(2)7-9-5-3-4-6-10(9)12(16)17/h3-6H,7-8H2,1-2H3,(H,13,15)(H,16,17). The monoisotopic (exact) mass is 236 g/mol. The van der Waals surface area contributed by atoms with Gasteiger partial charge in [-0.25, -0.2) is 4.79 Å². The fourth-order valence-corrected chi connectivity index (χ4v) is 1.54. The van der Waals surface area contributed by atoms with Crippen molar-refractivity contribution in [3.63, 3.8) is 0 Å². The number of aromatic carboxylic acids is 1. The maximum Gasteiger partial charge on any atom is 0.336 e. The third-order valence-corrected chi connectivity index (χ3v) is 2.38. The second-order valence-corrected chi connectivity index (χ2v) is 3.81. The lowest BCUT2D eigenvalue weighted by molar-refractivity contribution is -0.121. The molecule has 92 valence electrons. The predicted octanol–water partition coefficient (Wildman–Crippen LogP) is 0.563. The first-order chi connectivity index (χ1) is 8.04. The molecule has 0 fully saturated rings. The van der Waals surface area contributed by atoms with Gasteiger partial charge in [0.05, 0.1) is 12.1 Å². The van der Waals surface area contributed by atoms with Crippen LogP contribution in [0.2, 0.25) is 0 Å². The molecule has 0 aliphatic carbocycles. The Bertz CT molecular complexity index is 418. The number of hydrogen-bond acceptors (Lipinski definition) is 3. The van der Waals surface area contributed by atoms with E-state index >= 15 is 0 Å². The minimum absolute atomic E-state index is 0.0969. The summed E-state index contributed by atoms with van der Waals surface area (Å²) < 4.78 is 0. The highest BCUT2D eigenvalue weighted by molar-refractivity contribution is 5.89. The van der Waals surface area contributed by atoms with E-state index in [1.54, 1.807) is 43.3 Å². The van der Waals surface area contributed by atoms with Gasteiger partial charge < -0.3 is 10.4 Å². The molecular weight excluding hydrogens is 220 g/mol.